The Balaban J connectivity index is 1.44. The molecule has 1 aromatic carbocycles. The van der Waals surface area contributed by atoms with Crippen LogP contribution in [-0.4, -0.2) is 16.0 Å². The number of hydrogen-bond donors (Lipinski definition) is 1. The third-order valence-electron chi connectivity index (χ3n) is 4.68. The summed E-state index contributed by atoms with van der Waals surface area (Å²) in [6, 6.07) is 8.12. The van der Waals surface area contributed by atoms with Crippen molar-refractivity contribution in [2.24, 2.45) is 5.92 Å². The zero-order valence-electron chi connectivity index (χ0n) is 15.4. The number of carbonyl (C=O) groups is 1. The van der Waals surface area contributed by atoms with E-state index in [1.54, 1.807) is 0 Å². The van der Waals surface area contributed by atoms with Crippen molar-refractivity contribution < 1.29 is 9.32 Å². The van der Waals surface area contributed by atoms with E-state index in [1.807, 2.05) is 0 Å². The van der Waals surface area contributed by atoms with Crippen molar-refractivity contribution in [3.8, 4) is 0 Å². The molecule has 0 saturated heterocycles. The maximum Gasteiger partial charge on any atom is 0.249 e. The minimum absolute atomic E-state index is 0.0469. The molecule has 1 atom stereocenters. The number of amides is 1. The van der Waals surface area contributed by atoms with Crippen LogP contribution in [-0.2, 0) is 11.2 Å². The van der Waals surface area contributed by atoms with Gasteiger partial charge in [0.25, 0.3) is 0 Å². The molecular weight excluding hydrogens is 394 g/mol. The van der Waals surface area contributed by atoms with Crippen LogP contribution in [0.2, 0.25) is 0 Å². The van der Waals surface area contributed by atoms with Gasteiger partial charge in [-0.1, -0.05) is 47.1 Å². The van der Waals surface area contributed by atoms with Gasteiger partial charge < -0.3 is 9.84 Å². The summed E-state index contributed by atoms with van der Waals surface area (Å²) < 4.78 is 6.49. The second-order valence-electron chi connectivity index (χ2n) is 7.39. The first kappa shape index (κ1) is 19.1. The number of carbonyl (C=O) groups excluding carboxylic acids is 1. The van der Waals surface area contributed by atoms with Crippen molar-refractivity contribution >= 4 is 21.8 Å². The van der Waals surface area contributed by atoms with Crippen LogP contribution in [0.25, 0.3) is 0 Å². The van der Waals surface area contributed by atoms with Gasteiger partial charge in [0.05, 0.1) is 0 Å². The van der Waals surface area contributed by atoms with Crippen LogP contribution in [0.4, 0.5) is 0 Å². The summed E-state index contributed by atoms with van der Waals surface area (Å²) in [6.07, 6.45) is 5.63. The molecule has 1 aliphatic carbocycles. The normalized spacial score (nSPS) is 15.2. The van der Waals surface area contributed by atoms with Gasteiger partial charge in [0, 0.05) is 16.8 Å². The topological polar surface area (TPSA) is 68.0 Å². The van der Waals surface area contributed by atoms with E-state index in [2.05, 4.69) is 69.5 Å². The van der Waals surface area contributed by atoms with Crippen LogP contribution in [0.15, 0.2) is 33.3 Å². The molecule has 2 aromatic rings. The molecule has 1 aromatic heterocycles. The van der Waals surface area contributed by atoms with Crippen LogP contribution in [0.3, 0.4) is 0 Å². The average molecular weight is 420 g/mol. The van der Waals surface area contributed by atoms with Crippen molar-refractivity contribution in [2.75, 3.05) is 0 Å². The molecule has 5 nitrogen and oxygen atoms in total. The summed E-state index contributed by atoms with van der Waals surface area (Å²) in [5.74, 6) is 2.02. The molecule has 1 amide bonds. The van der Waals surface area contributed by atoms with Crippen molar-refractivity contribution in [2.45, 2.75) is 64.3 Å². The monoisotopic (exact) mass is 419 g/mol. The number of rotatable bonds is 9. The Morgan fingerprint density at radius 1 is 1.27 bits per heavy atom. The van der Waals surface area contributed by atoms with Crippen molar-refractivity contribution in [1.82, 2.24) is 15.5 Å². The fourth-order valence-corrected chi connectivity index (χ4v) is 3.17. The van der Waals surface area contributed by atoms with Gasteiger partial charge in [0.2, 0.25) is 11.8 Å². The molecule has 3 rings (SSSR count). The lowest BCUT2D eigenvalue weighted by Gasteiger charge is -2.18. The highest BCUT2D eigenvalue weighted by atomic mass is 79.9. The predicted molar refractivity (Wildman–Crippen MR) is 104 cm³/mol. The second-order valence-corrected chi connectivity index (χ2v) is 8.30. The zero-order valence-corrected chi connectivity index (χ0v) is 17.0. The van der Waals surface area contributed by atoms with E-state index >= 15 is 0 Å². The molecule has 1 fully saturated rings. The molecule has 140 valence electrons. The van der Waals surface area contributed by atoms with E-state index in [1.165, 1.54) is 5.56 Å². The van der Waals surface area contributed by atoms with Gasteiger partial charge in [-0.25, -0.2) is 0 Å². The van der Waals surface area contributed by atoms with Gasteiger partial charge >= 0.3 is 0 Å². The van der Waals surface area contributed by atoms with Gasteiger partial charge in [-0.3, -0.25) is 4.79 Å². The number of nitrogens with zero attached hydrogens (tertiary/aromatic N) is 2. The van der Waals surface area contributed by atoms with E-state index in [4.69, 9.17) is 4.52 Å². The summed E-state index contributed by atoms with van der Waals surface area (Å²) in [6.45, 7) is 4.11. The van der Waals surface area contributed by atoms with E-state index in [-0.39, 0.29) is 17.9 Å². The Bertz CT molecular complexity index is 723. The lowest BCUT2D eigenvalue weighted by atomic mass is 10.0. The maximum atomic E-state index is 12.3. The summed E-state index contributed by atoms with van der Waals surface area (Å²) in [4.78, 5) is 16.8. The summed E-state index contributed by atoms with van der Waals surface area (Å²) in [7, 11) is 0. The first-order valence-corrected chi connectivity index (χ1v) is 10.2. The molecular formula is C20H26BrN3O2. The SMILES string of the molecule is CC(C)C(NC(=O)CCCCc1ccc(Br)cc1)c1nc(C2CC2)no1. The number of aryl methyl sites for hydroxylation is 1. The molecule has 0 bridgehead atoms. The van der Waals surface area contributed by atoms with Crippen molar-refractivity contribution in [3.05, 3.63) is 46.0 Å². The first-order chi connectivity index (χ1) is 12.5. The van der Waals surface area contributed by atoms with E-state index in [9.17, 15) is 4.79 Å². The lowest BCUT2D eigenvalue weighted by molar-refractivity contribution is -0.122. The van der Waals surface area contributed by atoms with Gasteiger partial charge in [-0.05, 0) is 55.7 Å². The number of halogens is 1. The first-order valence-electron chi connectivity index (χ1n) is 9.40. The van der Waals surface area contributed by atoms with Gasteiger partial charge in [0.15, 0.2) is 5.82 Å². The van der Waals surface area contributed by atoms with Gasteiger partial charge in [-0.15, -0.1) is 0 Å². The van der Waals surface area contributed by atoms with Gasteiger partial charge in [0.1, 0.15) is 6.04 Å². The Morgan fingerprint density at radius 2 is 2.00 bits per heavy atom. The average Bonchev–Trinajstić information content (AvgIpc) is 3.36. The summed E-state index contributed by atoms with van der Waals surface area (Å²) in [5, 5.41) is 7.13. The largest absolute Gasteiger partial charge is 0.344 e. The Labute approximate surface area is 163 Å². The molecule has 1 N–H and O–H groups in total. The molecule has 1 aliphatic rings. The number of benzene rings is 1. The molecule has 1 heterocycles. The summed E-state index contributed by atoms with van der Waals surface area (Å²) in [5.41, 5.74) is 1.30. The predicted octanol–water partition coefficient (Wildman–Crippen LogP) is 4.94. The quantitative estimate of drug-likeness (QED) is 0.584. The van der Waals surface area contributed by atoms with Crippen LogP contribution in [0.1, 0.15) is 75.2 Å². The number of aromatic nitrogens is 2. The second kappa shape index (κ2) is 8.80. The molecule has 0 aliphatic heterocycles. The van der Waals surface area contributed by atoms with E-state index in [0.717, 1.165) is 42.4 Å². The Hall–Kier alpha value is -1.69. The number of nitrogens with one attached hydrogen (secondary N) is 1. The highest BCUT2D eigenvalue weighted by Gasteiger charge is 2.31. The van der Waals surface area contributed by atoms with Crippen LogP contribution >= 0.6 is 15.9 Å². The van der Waals surface area contributed by atoms with E-state index < -0.39 is 0 Å². The fraction of sp³-hybridized carbons (Fsp3) is 0.550. The van der Waals surface area contributed by atoms with E-state index in [0.29, 0.717) is 18.2 Å². The van der Waals surface area contributed by atoms with Crippen LogP contribution in [0, 0.1) is 5.92 Å². The minimum atomic E-state index is -0.214. The fourth-order valence-electron chi connectivity index (χ4n) is 2.91. The number of unbranched alkanes of at least 4 members (excludes halogenated alkanes) is 1. The molecule has 0 radical (unpaired) electrons. The molecule has 6 heteroatoms. The zero-order chi connectivity index (χ0) is 18.5. The number of hydrogen-bond acceptors (Lipinski definition) is 4. The Morgan fingerprint density at radius 3 is 2.65 bits per heavy atom. The Kier molecular flexibility index (Phi) is 6.46. The van der Waals surface area contributed by atoms with Crippen molar-refractivity contribution in [1.29, 1.82) is 0 Å². The highest BCUT2D eigenvalue weighted by molar-refractivity contribution is 9.10. The van der Waals surface area contributed by atoms with Crippen LogP contribution < -0.4 is 5.32 Å². The molecule has 0 spiro atoms. The third-order valence-corrected chi connectivity index (χ3v) is 5.21. The molecule has 26 heavy (non-hydrogen) atoms. The van der Waals surface area contributed by atoms with Gasteiger partial charge in [-0.2, -0.15) is 4.98 Å². The highest BCUT2D eigenvalue weighted by Crippen LogP contribution is 2.38. The van der Waals surface area contributed by atoms with Crippen LogP contribution in [0.5, 0.6) is 0 Å². The lowest BCUT2D eigenvalue weighted by Crippen LogP contribution is -2.31. The third kappa shape index (κ3) is 5.40. The molecule has 1 unspecified atom stereocenters. The summed E-state index contributed by atoms with van der Waals surface area (Å²) >= 11 is 3.44. The standard InChI is InChI=1S/C20H26BrN3O2/c1-13(2)18(20-23-19(24-26-20)15-9-10-15)22-17(25)6-4-3-5-14-7-11-16(21)12-8-14/h7-8,11-13,15,18H,3-6,9-10H2,1-2H3,(H,22,25). The van der Waals surface area contributed by atoms with Crippen molar-refractivity contribution in [3.63, 3.8) is 0 Å². The smallest absolute Gasteiger partial charge is 0.249 e. The maximum absolute atomic E-state index is 12.3. The minimum Gasteiger partial charge on any atom is -0.344 e. The molecule has 1 saturated carbocycles.